The van der Waals surface area contributed by atoms with E-state index in [1.807, 2.05) is 0 Å². The molecule has 4 heteroatoms. The van der Waals surface area contributed by atoms with E-state index in [-0.39, 0.29) is 31.2 Å². The number of aliphatic hydroxyl groups is 2. The highest BCUT2D eigenvalue weighted by Crippen LogP contribution is 2.06. The maximum absolute atomic E-state index is 9.06. The molecule has 0 bridgehead atoms. The third-order valence-electron chi connectivity index (χ3n) is 1.69. The maximum Gasteiger partial charge on any atom is 0.0585 e. The number of hydrogen-bond acceptors (Lipinski definition) is 3. The minimum atomic E-state index is -0.205. The van der Waals surface area contributed by atoms with E-state index in [9.17, 15) is 0 Å². The van der Waals surface area contributed by atoms with E-state index < -0.39 is 0 Å². The molecule has 0 spiro atoms. The van der Waals surface area contributed by atoms with E-state index in [0.717, 1.165) is 13.0 Å². The topological polar surface area (TPSA) is 52.5 Å². The van der Waals surface area contributed by atoms with Crippen molar-refractivity contribution < 1.29 is 10.2 Å². The first kappa shape index (κ1) is 10.2. The second kappa shape index (κ2) is 4.91. The van der Waals surface area contributed by atoms with Crippen LogP contribution in [0.2, 0.25) is 0 Å². The predicted molar refractivity (Wildman–Crippen MR) is 41.4 cm³/mol. The second-order valence-electron chi connectivity index (χ2n) is 2.51. The molecule has 0 aromatic heterocycles. The number of rotatable bonds is 1. The number of hydrogen-bond donors (Lipinski definition) is 3. The van der Waals surface area contributed by atoms with E-state index in [1.54, 1.807) is 0 Å². The summed E-state index contributed by atoms with van der Waals surface area (Å²) < 4.78 is 0. The van der Waals surface area contributed by atoms with Gasteiger partial charge in [0.05, 0.1) is 12.7 Å². The Bertz CT molecular complexity index is 91.8. The first-order chi connectivity index (χ1) is 4.33. The summed E-state index contributed by atoms with van der Waals surface area (Å²) in [5.41, 5.74) is 0. The van der Waals surface area contributed by atoms with E-state index in [4.69, 9.17) is 10.2 Å². The third-order valence-corrected chi connectivity index (χ3v) is 1.69. The zero-order valence-electron chi connectivity index (χ0n) is 5.79. The third kappa shape index (κ3) is 2.84. The Labute approximate surface area is 66.8 Å². The Balaban J connectivity index is 0.000000810. The summed E-state index contributed by atoms with van der Waals surface area (Å²) in [6.45, 7) is 0.962. The van der Waals surface area contributed by atoms with Crippen molar-refractivity contribution in [2.75, 3.05) is 13.2 Å². The molecule has 0 aromatic rings. The van der Waals surface area contributed by atoms with Crippen LogP contribution in [-0.4, -0.2) is 35.5 Å². The lowest BCUT2D eigenvalue weighted by molar-refractivity contribution is 0.0956. The average molecular weight is 168 g/mol. The Morgan fingerprint density at radius 1 is 1.50 bits per heavy atom. The van der Waals surface area contributed by atoms with E-state index in [1.165, 1.54) is 0 Å². The fourth-order valence-electron chi connectivity index (χ4n) is 1.12. The molecule has 1 rings (SSSR count). The molecule has 1 aliphatic rings. The highest BCUT2D eigenvalue weighted by atomic mass is 35.5. The molecular weight excluding hydrogens is 154 g/mol. The molecular formula is C6H14ClNO2. The molecule has 0 aromatic carbocycles. The molecule has 0 aliphatic carbocycles. The molecule has 62 valence electrons. The Kier molecular flexibility index (Phi) is 4.99. The van der Waals surface area contributed by atoms with Gasteiger partial charge < -0.3 is 15.5 Å². The number of piperidine rings is 1. The fraction of sp³-hybridized carbons (Fsp3) is 1.00. The van der Waals surface area contributed by atoms with Crippen LogP contribution in [0.4, 0.5) is 0 Å². The summed E-state index contributed by atoms with van der Waals surface area (Å²) in [5.74, 6) is 0. The lowest BCUT2D eigenvalue weighted by atomic mass is 10.0. The van der Waals surface area contributed by atoms with Gasteiger partial charge in [0, 0.05) is 6.04 Å². The van der Waals surface area contributed by atoms with Gasteiger partial charge >= 0.3 is 0 Å². The van der Waals surface area contributed by atoms with Crippen molar-refractivity contribution in [1.82, 2.24) is 5.32 Å². The van der Waals surface area contributed by atoms with E-state index in [2.05, 4.69) is 5.32 Å². The molecule has 0 saturated carbocycles. The predicted octanol–water partition coefficient (Wildman–Crippen LogP) is -0.487. The number of aliphatic hydroxyl groups excluding tert-OH is 2. The minimum absolute atomic E-state index is 0. The quantitative estimate of drug-likeness (QED) is 0.494. The van der Waals surface area contributed by atoms with Gasteiger partial charge in [-0.3, -0.25) is 0 Å². The fourth-order valence-corrected chi connectivity index (χ4v) is 1.12. The van der Waals surface area contributed by atoms with Gasteiger partial charge in [0.25, 0.3) is 0 Å². The summed E-state index contributed by atoms with van der Waals surface area (Å²) in [5, 5.41) is 20.8. The zero-order chi connectivity index (χ0) is 6.69. The monoisotopic (exact) mass is 167 g/mol. The van der Waals surface area contributed by atoms with Crippen LogP contribution in [-0.2, 0) is 0 Å². The van der Waals surface area contributed by atoms with Gasteiger partial charge in [0.2, 0.25) is 0 Å². The molecule has 0 amide bonds. The van der Waals surface area contributed by atoms with Crippen LogP contribution in [0.25, 0.3) is 0 Å². The highest BCUT2D eigenvalue weighted by molar-refractivity contribution is 5.85. The molecule has 0 radical (unpaired) electrons. The Morgan fingerprint density at radius 3 is 2.60 bits per heavy atom. The second-order valence-corrected chi connectivity index (χ2v) is 2.51. The van der Waals surface area contributed by atoms with Crippen molar-refractivity contribution in [2.45, 2.75) is 25.0 Å². The summed E-state index contributed by atoms with van der Waals surface area (Å²) >= 11 is 0. The molecule has 2 atom stereocenters. The van der Waals surface area contributed by atoms with Gasteiger partial charge in [-0.1, -0.05) is 0 Å². The summed E-state index contributed by atoms with van der Waals surface area (Å²) in [4.78, 5) is 0. The summed E-state index contributed by atoms with van der Waals surface area (Å²) in [6.07, 6.45) is 1.30. The Hall–Kier alpha value is 0.170. The first-order valence-corrected chi connectivity index (χ1v) is 3.35. The number of halogens is 1. The average Bonchev–Trinajstić information content (AvgIpc) is 1.88. The first-order valence-electron chi connectivity index (χ1n) is 3.35. The van der Waals surface area contributed by atoms with E-state index >= 15 is 0 Å². The molecule has 0 unspecified atom stereocenters. The van der Waals surface area contributed by atoms with Crippen molar-refractivity contribution in [3.63, 3.8) is 0 Å². The molecule has 1 saturated heterocycles. The van der Waals surface area contributed by atoms with Crippen molar-refractivity contribution in [3.05, 3.63) is 0 Å². The maximum atomic E-state index is 9.06. The number of nitrogens with one attached hydrogen (secondary N) is 1. The van der Waals surface area contributed by atoms with Crippen LogP contribution < -0.4 is 5.32 Å². The molecule has 1 fully saturated rings. The molecule has 1 heterocycles. The lowest BCUT2D eigenvalue weighted by Crippen LogP contribution is -2.42. The molecule has 10 heavy (non-hydrogen) atoms. The largest absolute Gasteiger partial charge is 0.395 e. The van der Waals surface area contributed by atoms with Crippen molar-refractivity contribution in [2.24, 2.45) is 0 Å². The van der Waals surface area contributed by atoms with Gasteiger partial charge in [0.15, 0.2) is 0 Å². The minimum Gasteiger partial charge on any atom is -0.395 e. The highest BCUT2D eigenvalue weighted by Gasteiger charge is 2.17. The van der Waals surface area contributed by atoms with Crippen molar-refractivity contribution >= 4 is 12.4 Å². The lowest BCUT2D eigenvalue weighted by Gasteiger charge is -2.25. The van der Waals surface area contributed by atoms with Crippen LogP contribution in [0.15, 0.2) is 0 Å². The van der Waals surface area contributed by atoms with Gasteiger partial charge in [-0.2, -0.15) is 0 Å². The smallest absolute Gasteiger partial charge is 0.0585 e. The van der Waals surface area contributed by atoms with Crippen molar-refractivity contribution in [1.29, 1.82) is 0 Å². The van der Waals surface area contributed by atoms with Crippen molar-refractivity contribution in [3.8, 4) is 0 Å². The van der Waals surface area contributed by atoms with Crippen LogP contribution >= 0.6 is 12.4 Å². The van der Waals surface area contributed by atoms with Crippen LogP contribution in [0.5, 0.6) is 0 Å². The van der Waals surface area contributed by atoms with E-state index in [0.29, 0.717) is 6.42 Å². The molecule has 3 nitrogen and oxygen atoms in total. The van der Waals surface area contributed by atoms with Crippen LogP contribution in [0.1, 0.15) is 12.8 Å². The summed E-state index contributed by atoms with van der Waals surface area (Å²) in [7, 11) is 0. The van der Waals surface area contributed by atoms with Crippen LogP contribution in [0.3, 0.4) is 0 Å². The SMILES string of the molecule is Cl.OC[C@@H]1C[C@H](O)CCN1. The zero-order valence-corrected chi connectivity index (χ0v) is 6.60. The summed E-state index contributed by atoms with van der Waals surface area (Å²) in [6, 6.07) is 0.119. The molecule has 3 N–H and O–H groups in total. The standard InChI is InChI=1S/C6H13NO2.ClH/c8-4-5-3-6(9)1-2-7-5;/h5-9H,1-4H2;1H/t5-,6+;/m0./s1. The molecule has 1 aliphatic heterocycles. The van der Waals surface area contributed by atoms with Gasteiger partial charge in [-0.15, -0.1) is 12.4 Å². The van der Waals surface area contributed by atoms with Gasteiger partial charge in [-0.25, -0.2) is 0 Å². The normalized spacial score (nSPS) is 33.0. The van der Waals surface area contributed by atoms with Gasteiger partial charge in [-0.05, 0) is 19.4 Å². The van der Waals surface area contributed by atoms with Crippen LogP contribution in [0, 0.1) is 0 Å². The Morgan fingerprint density at radius 2 is 2.20 bits per heavy atom. The van der Waals surface area contributed by atoms with Gasteiger partial charge in [0.1, 0.15) is 0 Å².